The zero-order valence-corrected chi connectivity index (χ0v) is 35.9. The Morgan fingerprint density at radius 2 is 1.85 bits per heavy atom. The normalized spacial score (nSPS) is 28.1. The van der Waals surface area contributed by atoms with Crippen molar-refractivity contribution in [3.63, 3.8) is 0 Å². The summed E-state index contributed by atoms with van der Waals surface area (Å²) < 4.78 is 51.5. The van der Waals surface area contributed by atoms with Crippen LogP contribution >= 0.6 is 0 Å². The van der Waals surface area contributed by atoms with Crippen LogP contribution in [0.1, 0.15) is 84.1 Å². The summed E-state index contributed by atoms with van der Waals surface area (Å²) in [6.07, 6.45) is 9.81. The Labute approximate surface area is 355 Å². The maximum absolute atomic E-state index is 15.1. The second-order valence-corrected chi connectivity index (χ2v) is 19.6. The maximum atomic E-state index is 15.1. The standard InChI is InChI=1S/C43H56N6O11S/c1-6-28-22-43(28,40(53)48-61(55,56)30-14-15-30)47-37(51)33-21-29-23-49(33)39(52)35(25-11-8-7-9-12-25)46-36(50)32(45-41(54)60-42(2,3)4)24-58-18-10-13-27-19-31-26(20-34(27)57-5)16-17-44-38(31)59-29/h6,10,13,16-17,19-20,25,28-30,32-33,35H,1,7-9,11-12,14-15,18,21-24H2,2-5H3,(H,45,54)(H,46,50)(H,47,51)(H,48,53)/b13-10-. The molecule has 61 heavy (non-hydrogen) atoms. The molecule has 18 heteroatoms. The van der Waals surface area contributed by atoms with Crippen molar-refractivity contribution in [2.75, 3.05) is 26.9 Å². The summed E-state index contributed by atoms with van der Waals surface area (Å²) in [6, 6.07) is 1.90. The first-order valence-corrected chi connectivity index (χ1v) is 22.5. The van der Waals surface area contributed by atoms with Gasteiger partial charge >= 0.3 is 6.09 Å². The molecule has 4 bridgehead atoms. The molecule has 0 radical (unpaired) electrons. The third kappa shape index (κ3) is 9.96. The maximum Gasteiger partial charge on any atom is 0.408 e. The van der Waals surface area contributed by atoms with Crippen molar-refractivity contribution in [1.82, 2.24) is 30.6 Å². The minimum atomic E-state index is -3.94. The molecule has 1 saturated heterocycles. The Hall–Kier alpha value is -5.23. The lowest BCUT2D eigenvalue weighted by atomic mass is 9.83. The van der Waals surface area contributed by atoms with Crippen LogP contribution in [0.3, 0.4) is 0 Å². The van der Waals surface area contributed by atoms with E-state index in [1.807, 2.05) is 18.2 Å². The summed E-state index contributed by atoms with van der Waals surface area (Å²) >= 11 is 0. The van der Waals surface area contributed by atoms with Gasteiger partial charge in [-0.1, -0.05) is 37.5 Å². The van der Waals surface area contributed by atoms with E-state index in [9.17, 15) is 27.6 Å². The number of fused-ring (bicyclic) bond motifs is 3. The molecule has 3 heterocycles. The summed E-state index contributed by atoms with van der Waals surface area (Å²) in [7, 11) is -2.39. The van der Waals surface area contributed by atoms with Crippen molar-refractivity contribution >= 4 is 56.6 Å². The number of ether oxygens (including phenoxy) is 4. The number of rotatable bonds is 9. The van der Waals surface area contributed by atoms with Crippen LogP contribution in [0.4, 0.5) is 4.79 Å². The molecule has 2 aromatic rings. The van der Waals surface area contributed by atoms with Crippen LogP contribution in [-0.2, 0) is 38.7 Å². The molecule has 6 atom stereocenters. The highest BCUT2D eigenvalue weighted by atomic mass is 32.2. The minimum absolute atomic E-state index is 0.0165. The number of sulfonamides is 1. The number of alkyl carbamates (subject to hydrolysis) is 1. The Kier molecular flexibility index (Phi) is 12.7. The molecule has 330 valence electrons. The Bertz CT molecular complexity index is 2200. The zero-order chi connectivity index (χ0) is 43.7. The minimum Gasteiger partial charge on any atom is -0.496 e. The molecule has 7 rings (SSSR count). The molecular formula is C43H56N6O11S. The number of methoxy groups -OCH3 is 1. The van der Waals surface area contributed by atoms with E-state index < -0.39 is 86.3 Å². The highest BCUT2D eigenvalue weighted by molar-refractivity contribution is 7.91. The smallest absolute Gasteiger partial charge is 0.408 e. The van der Waals surface area contributed by atoms with Gasteiger partial charge < -0.3 is 39.8 Å². The molecule has 5 amide bonds. The Balaban J connectivity index is 1.26. The van der Waals surface area contributed by atoms with Crippen LogP contribution in [0.5, 0.6) is 11.6 Å². The molecule has 2 aliphatic heterocycles. The fourth-order valence-corrected chi connectivity index (χ4v) is 9.85. The zero-order valence-electron chi connectivity index (χ0n) is 35.1. The molecule has 3 aliphatic carbocycles. The van der Waals surface area contributed by atoms with Crippen molar-refractivity contribution in [1.29, 1.82) is 0 Å². The molecule has 6 unspecified atom stereocenters. The van der Waals surface area contributed by atoms with E-state index in [0.29, 0.717) is 42.4 Å². The van der Waals surface area contributed by atoms with Crippen LogP contribution in [-0.4, -0.2) is 116 Å². The first-order valence-electron chi connectivity index (χ1n) is 21.0. The van der Waals surface area contributed by atoms with Gasteiger partial charge in [-0.05, 0) is 82.4 Å². The number of hydrogen-bond acceptors (Lipinski definition) is 12. The molecule has 1 aromatic carbocycles. The summed E-state index contributed by atoms with van der Waals surface area (Å²) in [5.41, 5.74) is -1.79. The summed E-state index contributed by atoms with van der Waals surface area (Å²) in [4.78, 5) is 76.6. The van der Waals surface area contributed by atoms with Crippen LogP contribution < -0.4 is 30.1 Å². The molecule has 4 fully saturated rings. The Morgan fingerprint density at radius 1 is 1.10 bits per heavy atom. The second-order valence-electron chi connectivity index (χ2n) is 17.6. The lowest BCUT2D eigenvalue weighted by molar-refractivity contribution is -0.144. The van der Waals surface area contributed by atoms with Gasteiger partial charge in [-0.15, -0.1) is 6.58 Å². The number of nitrogens with one attached hydrogen (secondary N) is 4. The van der Waals surface area contributed by atoms with Gasteiger partial charge in [0.2, 0.25) is 33.6 Å². The number of nitrogens with zero attached hydrogens (tertiary/aromatic N) is 2. The topological polar surface area (TPSA) is 221 Å². The first kappa shape index (κ1) is 43.8. The quantitative estimate of drug-likeness (QED) is 0.267. The average molecular weight is 865 g/mol. The molecule has 3 saturated carbocycles. The monoisotopic (exact) mass is 864 g/mol. The van der Waals surface area contributed by atoms with Crippen molar-refractivity contribution in [2.24, 2.45) is 11.8 Å². The van der Waals surface area contributed by atoms with Crippen LogP contribution in [0, 0.1) is 11.8 Å². The van der Waals surface area contributed by atoms with E-state index in [1.165, 1.54) is 11.0 Å². The van der Waals surface area contributed by atoms with Gasteiger partial charge in [0, 0.05) is 29.5 Å². The summed E-state index contributed by atoms with van der Waals surface area (Å²) in [5, 5.41) is 9.10. The number of carbonyl (C=O) groups is 5. The molecule has 5 aliphatic rings. The van der Waals surface area contributed by atoms with E-state index in [2.05, 4.69) is 32.2 Å². The number of carbonyl (C=O) groups excluding carboxylic acids is 5. The molecule has 0 spiro atoms. The second kappa shape index (κ2) is 17.6. The van der Waals surface area contributed by atoms with Gasteiger partial charge in [-0.2, -0.15) is 0 Å². The highest BCUT2D eigenvalue weighted by Crippen LogP contribution is 2.46. The summed E-state index contributed by atoms with van der Waals surface area (Å²) in [5.74, 6) is -2.83. The van der Waals surface area contributed by atoms with E-state index in [1.54, 1.807) is 46.2 Å². The third-order valence-electron chi connectivity index (χ3n) is 11.9. The molecular weight excluding hydrogens is 809 g/mol. The highest BCUT2D eigenvalue weighted by Gasteiger charge is 2.62. The van der Waals surface area contributed by atoms with Crippen LogP contribution in [0.25, 0.3) is 16.8 Å². The van der Waals surface area contributed by atoms with Crippen molar-refractivity contribution in [2.45, 2.75) is 119 Å². The van der Waals surface area contributed by atoms with Gasteiger partial charge in [0.25, 0.3) is 5.91 Å². The number of benzene rings is 1. The number of pyridine rings is 1. The fraction of sp³-hybridized carbons (Fsp3) is 0.581. The molecule has 1 aromatic heterocycles. The predicted octanol–water partition coefficient (Wildman–Crippen LogP) is 3.26. The Morgan fingerprint density at radius 3 is 2.52 bits per heavy atom. The van der Waals surface area contributed by atoms with Gasteiger partial charge in [-0.3, -0.25) is 23.9 Å². The van der Waals surface area contributed by atoms with E-state index >= 15 is 4.79 Å². The van der Waals surface area contributed by atoms with Gasteiger partial charge in [0.05, 0.1) is 32.1 Å². The third-order valence-corrected chi connectivity index (χ3v) is 13.8. The summed E-state index contributed by atoms with van der Waals surface area (Å²) in [6.45, 7) is 8.59. The van der Waals surface area contributed by atoms with Gasteiger partial charge in [-0.25, -0.2) is 18.2 Å². The predicted molar refractivity (Wildman–Crippen MR) is 224 cm³/mol. The lowest BCUT2D eigenvalue weighted by Crippen LogP contribution is -2.61. The van der Waals surface area contributed by atoms with Crippen LogP contribution in [0.15, 0.2) is 43.1 Å². The number of aromatic nitrogens is 1. The molecule has 17 nitrogen and oxygen atoms in total. The SMILES string of the molecule is C=CC1CC1(NC(=O)C1CC2CN1C(=O)C(C1CCCCC1)NC(=O)C(NC(=O)OC(C)(C)C)COC/C=C\c1cc3c(nccc3cc1OC)O2)C(=O)NS(=O)(=O)C1CC1. The van der Waals surface area contributed by atoms with E-state index in [-0.39, 0.29) is 44.4 Å². The fourth-order valence-electron chi connectivity index (χ4n) is 8.49. The van der Waals surface area contributed by atoms with Crippen molar-refractivity contribution in [3.05, 3.63) is 48.7 Å². The first-order chi connectivity index (χ1) is 29.0. The van der Waals surface area contributed by atoms with Crippen molar-refractivity contribution in [3.8, 4) is 11.6 Å². The average Bonchev–Trinajstić information content (AvgIpc) is 4.15. The lowest BCUT2D eigenvalue weighted by Gasteiger charge is -2.35. The number of hydrogen-bond donors (Lipinski definition) is 4. The van der Waals surface area contributed by atoms with Gasteiger partial charge in [0.1, 0.15) is 41.1 Å². The van der Waals surface area contributed by atoms with Crippen LogP contribution in [0.2, 0.25) is 0 Å². The van der Waals surface area contributed by atoms with Crippen molar-refractivity contribution < 1.29 is 51.3 Å². The van der Waals surface area contributed by atoms with E-state index in [4.69, 9.17) is 18.9 Å². The molecule has 4 N–H and O–H groups in total. The van der Waals surface area contributed by atoms with Gasteiger partial charge in [0.15, 0.2) is 0 Å². The van der Waals surface area contributed by atoms with E-state index in [0.717, 1.165) is 24.6 Å². The largest absolute Gasteiger partial charge is 0.496 e. The number of amides is 5.